The average Bonchev–Trinajstić information content (AvgIpc) is 2.65. The summed E-state index contributed by atoms with van der Waals surface area (Å²) in [7, 11) is -1.34. The van der Waals surface area contributed by atoms with Crippen LogP contribution in [0.3, 0.4) is 0 Å². The molecule has 1 N–H and O–H groups in total. The Morgan fingerprint density at radius 1 is 0.929 bits per heavy atom. The summed E-state index contributed by atoms with van der Waals surface area (Å²) < 4.78 is 5.90. The molecule has 1 rings (SSSR count). The Labute approximate surface area is 175 Å². The van der Waals surface area contributed by atoms with Crippen LogP contribution in [-0.2, 0) is 11.3 Å². The molecule has 0 amide bonds. The van der Waals surface area contributed by atoms with Crippen LogP contribution < -0.4 is 0 Å². The molecule has 1 atom stereocenters. The van der Waals surface area contributed by atoms with Gasteiger partial charge in [-0.2, -0.15) is 0 Å². The summed E-state index contributed by atoms with van der Waals surface area (Å²) in [6.45, 7) is 9.98. The molecule has 0 radical (unpaired) electrons. The maximum absolute atomic E-state index is 11.2. The molecule has 158 valence electrons. The van der Waals surface area contributed by atoms with Crippen LogP contribution >= 0.6 is 0 Å². The van der Waals surface area contributed by atoms with Gasteiger partial charge in [0.15, 0.2) is 0 Å². The molecule has 1 aromatic carbocycles. The molecule has 0 aromatic heterocycles. The molecule has 0 heterocycles. The largest absolute Gasteiger partial charge is 0.387 e. The minimum atomic E-state index is -1.34. The van der Waals surface area contributed by atoms with Gasteiger partial charge in [-0.25, -0.2) is 0 Å². The summed E-state index contributed by atoms with van der Waals surface area (Å²) in [5, 5.41) is 11.2. The molecule has 0 spiro atoms. The number of aliphatic hydroxyl groups is 1. The normalized spacial score (nSPS) is 13.6. The molecular formula is C25H42O2Si. The number of hydrogen-bond donors (Lipinski definition) is 1. The van der Waals surface area contributed by atoms with Gasteiger partial charge >= 0.3 is 0 Å². The summed E-state index contributed by atoms with van der Waals surface area (Å²) >= 11 is 0. The van der Waals surface area contributed by atoms with E-state index in [0.29, 0.717) is 19.6 Å². The van der Waals surface area contributed by atoms with Crippen molar-refractivity contribution in [3.05, 3.63) is 35.9 Å². The molecule has 28 heavy (non-hydrogen) atoms. The van der Waals surface area contributed by atoms with Crippen molar-refractivity contribution in [2.45, 2.75) is 103 Å². The van der Waals surface area contributed by atoms with E-state index >= 15 is 0 Å². The van der Waals surface area contributed by atoms with Crippen LogP contribution in [0.2, 0.25) is 19.6 Å². The lowest BCUT2D eigenvalue weighted by Crippen LogP contribution is -2.34. The zero-order valence-electron chi connectivity index (χ0n) is 18.7. The van der Waals surface area contributed by atoms with Crippen LogP contribution in [0.25, 0.3) is 0 Å². The van der Waals surface area contributed by atoms with E-state index in [4.69, 9.17) is 4.74 Å². The van der Waals surface area contributed by atoms with Crippen LogP contribution in [-0.4, -0.2) is 25.4 Å². The second-order valence-electron chi connectivity index (χ2n) is 9.13. The summed E-state index contributed by atoms with van der Waals surface area (Å²) in [5.74, 6) is 3.31. The van der Waals surface area contributed by atoms with Crippen LogP contribution in [0, 0.1) is 11.5 Å². The third-order valence-corrected chi connectivity index (χ3v) is 5.83. The maximum Gasteiger partial charge on any atom is 0.129 e. The van der Waals surface area contributed by atoms with E-state index in [1.54, 1.807) is 0 Å². The summed E-state index contributed by atoms with van der Waals surface area (Å²) in [6, 6.07) is 10.2. The second kappa shape index (κ2) is 14.0. The minimum Gasteiger partial charge on any atom is -0.387 e. The fraction of sp³-hybridized carbons (Fsp3) is 0.680. The van der Waals surface area contributed by atoms with E-state index in [0.717, 1.165) is 24.8 Å². The van der Waals surface area contributed by atoms with E-state index in [1.807, 2.05) is 18.2 Å². The van der Waals surface area contributed by atoms with E-state index < -0.39 is 13.7 Å². The highest BCUT2D eigenvalue weighted by atomic mass is 28.3. The first kappa shape index (κ1) is 25.0. The van der Waals surface area contributed by atoms with Gasteiger partial charge in [-0.3, -0.25) is 0 Å². The van der Waals surface area contributed by atoms with E-state index in [1.165, 1.54) is 38.5 Å². The molecule has 0 bridgehead atoms. The Morgan fingerprint density at radius 2 is 1.57 bits per heavy atom. The van der Waals surface area contributed by atoms with Gasteiger partial charge in [0.25, 0.3) is 0 Å². The fourth-order valence-corrected chi connectivity index (χ4v) is 3.89. The van der Waals surface area contributed by atoms with Crippen molar-refractivity contribution in [3.8, 4) is 11.5 Å². The van der Waals surface area contributed by atoms with Crippen LogP contribution in [0.15, 0.2) is 30.3 Å². The molecule has 3 heteroatoms. The second-order valence-corrected chi connectivity index (χ2v) is 13.9. The van der Waals surface area contributed by atoms with Crippen molar-refractivity contribution in [3.63, 3.8) is 0 Å². The molecule has 0 fully saturated rings. The molecule has 0 saturated carbocycles. The third kappa shape index (κ3) is 13.2. The molecule has 0 aliphatic heterocycles. The Hall–Kier alpha value is -1.08. The van der Waals surface area contributed by atoms with Gasteiger partial charge in [-0.15, -0.1) is 11.5 Å². The van der Waals surface area contributed by atoms with Crippen molar-refractivity contribution >= 4 is 8.07 Å². The fourth-order valence-electron chi connectivity index (χ4n) is 3.24. The Balaban J connectivity index is 2.45. The van der Waals surface area contributed by atoms with Gasteiger partial charge in [0.1, 0.15) is 8.07 Å². The monoisotopic (exact) mass is 402 g/mol. The van der Waals surface area contributed by atoms with E-state index in [2.05, 4.69) is 50.2 Å². The molecule has 0 aliphatic rings. The smallest absolute Gasteiger partial charge is 0.129 e. The molecule has 0 aliphatic carbocycles. The zero-order chi connectivity index (χ0) is 20.7. The van der Waals surface area contributed by atoms with Gasteiger partial charge in [0.05, 0.1) is 18.8 Å². The highest BCUT2D eigenvalue weighted by molar-refractivity contribution is 6.83. The number of benzene rings is 1. The minimum absolute atomic E-state index is 0.395. The van der Waals surface area contributed by atoms with Crippen LogP contribution in [0.1, 0.15) is 76.7 Å². The van der Waals surface area contributed by atoms with Crippen molar-refractivity contribution in [2.24, 2.45) is 0 Å². The Morgan fingerprint density at radius 3 is 2.21 bits per heavy atom. The van der Waals surface area contributed by atoms with Crippen LogP contribution in [0.5, 0.6) is 0 Å². The number of hydrogen-bond acceptors (Lipinski definition) is 2. The summed E-state index contributed by atoms with van der Waals surface area (Å²) in [5.41, 5.74) is 3.80. The predicted molar refractivity (Wildman–Crippen MR) is 124 cm³/mol. The molecule has 0 saturated heterocycles. The molecule has 0 unspecified atom stereocenters. The third-order valence-electron chi connectivity index (χ3n) is 4.91. The van der Waals surface area contributed by atoms with Crippen molar-refractivity contribution < 1.29 is 9.84 Å². The highest BCUT2D eigenvalue weighted by Crippen LogP contribution is 2.23. The summed E-state index contributed by atoms with van der Waals surface area (Å²) in [6.07, 6.45) is 11.1. The lowest BCUT2D eigenvalue weighted by atomic mass is 9.91. The Bertz CT molecular complexity index is 568. The van der Waals surface area contributed by atoms with Gasteiger partial charge in [0, 0.05) is 6.42 Å². The van der Waals surface area contributed by atoms with E-state index in [-0.39, 0.29) is 0 Å². The summed E-state index contributed by atoms with van der Waals surface area (Å²) in [4.78, 5) is 0. The highest BCUT2D eigenvalue weighted by Gasteiger charge is 2.26. The van der Waals surface area contributed by atoms with Crippen molar-refractivity contribution in [2.75, 3.05) is 6.61 Å². The zero-order valence-corrected chi connectivity index (χ0v) is 19.7. The first-order valence-corrected chi connectivity index (χ1v) is 14.7. The van der Waals surface area contributed by atoms with Gasteiger partial charge in [-0.05, 0) is 18.4 Å². The predicted octanol–water partition coefficient (Wildman–Crippen LogP) is 6.74. The van der Waals surface area contributed by atoms with Gasteiger partial charge in [-0.1, -0.05) is 102 Å². The van der Waals surface area contributed by atoms with Crippen molar-refractivity contribution in [1.29, 1.82) is 0 Å². The first-order valence-electron chi connectivity index (χ1n) is 11.2. The molecule has 2 nitrogen and oxygen atoms in total. The first-order chi connectivity index (χ1) is 13.3. The number of rotatable bonds is 14. The van der Waals surface area contributed by atoms with Gasteiger partial charge < -0.3 is 9.84 Å². The van der Waals surface area contributed by atoms with Crippen LogP contribution in [0.4, 0.5) is 0 Å². The Kier molecular flexibility index (Phi) is 12.5. The maximum atomic E-state index is 11.2. The quantitative estimate of drug-likeness (QED) is 0.212. The molecular weight excluding hydrogens is 360 g/mol. The lowest BCUT2D eigenvalue weighted by molar-refractivity contribution is -0.0624. The number of ether oxygens (including phenoxy) is 1. The molecule has 1 aromatic rings. The number of unbranched alkanes of at least 4 members (excludes halogenated alkanes) is 6. The lowest BCUT2D eigenvalue weighted by Gasteiger charge is -2.27. The average molecular weight is 403 g/mol. The van der Waals surface area contributed by atoms with Gasteiger partial charge in [0.2, 0.25) is 0 Å². The topological polar surface area (TPSA) is 29.5 Å². The SMILES string of the molecule is CCCCCCCCC[C@](O)(CCC#C[Si](C)(C)C)COCc1ccccc1. The van der Waals surface area contributed by atoms with E-state index in [9.17, 15) is 5.11 Å². The standard InChI is InChI=1S/C25H42O2Si/c1-5-6-7-8-9-10-14-19-25(26,20-15-16-21-28(2,3)4)23-27-22-24-17-12-11-13-18-24/h11-13,17-18,26H,5-10,14-15,19-20,22-23H2,1-4H3/t25-/m0/s1. The van der Waals surface area contributed by atoms with Crippen molar-refractivity contribution in [1.82, 2.24) is 0 Å².